The van der Waals surface area contributed by atoms with E-state index in [2.05, 4.69) is 49.8 Å². The number of alkyl carbamates (subject to hydrolysis) is 1. The lowest BCUT2D eigenvalue weighted by Gasteiger charge is -2.34. The van der Waals surface area contributed by atoms with Crippen molar-refractivity contribution >= 4 is 56.2 Å². The predicted octanol–water partition coefficient (Wildman–Crippen LogP) is 5.02. The fourth-order valence-corrected chi connectivity index (χ4v) is 10.4. The van der Waals surface area contributed by atoms with Crippen molar-refractivity contribution in [3.05, 3.63) is 83.9 Å². The van der Waals surface area contributed by atoms with Crippen LogP contribution in [0.3, 0.4) is 0 Å². The number of anilines is 1. The number of nitrogens with one attached hydrogen (secondary N) is 4. The molecule has 2 saturated carbocycles. The summed E-state index contributed by atoms with van der Waals surface area (Å²) in [6, 6.07) is 15.7. The van der Waals surface area contributed by atoms with E-state index < -0.39 is 51.5 Å². The van der Waals surface area contributed by atoms with Crippen LogP contribution in [0.25, 0.3) is 10.8 Å². The summed E-state index contributed by atoms with van der Waals surface area (Å²) in [5.41, 5.74) is 1.14. The van der Waals surface area contributed by atoms with Crippen molar-refractivity contribution in [3.8, 4) is 0 Å². The van der Waals surface area contributed by atoms with E-state index >= 15 is 0 Å². The number of hydrogen-bond donors (Lipinski definition) is 4. The minimum atomic E-state index is -4.38. The summed E-state index contributed by atoms with van der Waals surface area (Å²) in [6.45, 7) is 2.79. The van der Waals surface area contributed by atoms with Crippen LogP contribution in [-0.4, -0.2) is 84.3 Å². The van der Waals surface area contributed by atoms with Crippen molar-refractivity contribution in [3.63, 3.8) is 0 Å². The molecule has 3 heterocycles. The third-order valence-electron chi connectivity index (χ3n) is 12.6. The van der Waals surface area contributed by atoms with Gasteiger partial charge in [-0.15, -0.1) is 0 Å². The van der Waals surface area contributed by atoms with Crippen molar-refractivity contribution in [2.75, 3.05) is 11.9 Å². The number of rotatable bonds is 7. The van der Waals surface area contributed by atoms with Gasteiger partial charge in [0.25, 0.3) is 15.9 Å². The highest BCUT2D eigenvalue weighted by Crippen LogP contribution is 2.46. The lowest BCUT2D eigenvalue weighted by molar-refractivity contribution is -0.141. The molecule has 3 aromatic rings. The maximum Gasteiger partial charge on any atom is 0.408 e. The number of ether oxygens (including phenoxy) is 1. The molecular formula is C44H52N6O8S. The van der Waals surface area contributed by atoms with E-state index in [1.807, 2.05) is 24.3 Å². The predicted molar refractivity (Wildman–Crippen MR) is 220 cm³/mol. The van der Waals surface area contributed by atoms with Crippen LogP contribution in [0.5, 0.6) is 0 Å². The van der Waals surface area contributed by atoms with Crippen LogP contribution in [0.2, 0.25) is 0 Å². The van der Waals surface area contributed by atoms with Crippen LogP contribution in [0.1, 0.15) is 88.7 Å². The summed E-state index contributed by atoms with van der Waals surface area (Å²) >= 11 is 0. The number of carbonyl (C=O) groups excluding carboxylic acids is 5. The number of nitrogens with zero attached hydrogens (tertiary/aromatic N) is 2. The highest BCUT2D eigenvalue weighted by molar-refractivity contribution is 7.90. The first-order valence-electron chi connectivity index (χ1n) is 20.8. The molecule has 4 N–H and O–H groups in total. The second kappa shape index (κ2) is 16.8. The van der Waals surface area contributed by atoms with Crippen LogP contribution >= 0.6 is 0 Å². The molecule has 1 saturated heterocycles. The third-order valence-corrected chi connectivity index (χ3v) is 13.9. The van der Waals surface area contributed by atoms with Gasteiger partial charge < -0.3 is 25.6 Å². The van der Waals surface area contributed by atoms with Crippen molar-refractivity contribution in [2.45, 2.75) is 125 Å². The third kappa shape index (κ3) is 8.72. The molecule has 5 atom stereocenters. The van der Waals surface area contributed by atoms with Gasteiger partial charge in [0, 0.05) is 44.2 Å². The normalized spacial score (nSPS) is 27.0. The molecule has 3 fully saturated rings. The average Bonchev–Trinajstić information content (AvgIpc) is 3.48. The molecule has 15 heteroatoms. The number of fused-ring (bicyclic) bond motifs is 2. The Morgan fingerprint density at radius 3 is 2.27 bits per heavy atom. The van der Waals surface area contributed by atoms with Gasteiger partial charge in [0.15, 0.2) is 0 Å². The van der Waals surface area contributed by atoms with Gasteiger partial charge in [-0.3, -0.25) is 24.1 Å². The van der Waals surface area contributed by atoms with Gasteiger partial charge in [0.1, 0.15) is 23.7 Å². The topological polar surface area (TPSA) is 183 Å². The minimum Gasteiger partial charge on any atom is -0.446 e. The zero-order valence-corrected chi connectivity index (χ0v) is 34.1. The van der Waals surface area contributed by atoms with Crippen molar-refractivity contribution in [1.29, 1.82) is 0 Å². The van der Waals surface area contributed by atoms with Crippen LogP contribution < -0.4 is 20.7 Å². The summed E-state index contributed by atoms with van der Waals surface area (Å²) in [5, 5.41) is 10.8. The van der Waals surface area contributed by atoms with E-state index in [0.29, 0.717) is 38.0 Å². The molecule has 5 amide bonds. The molecule has 8 rings (SSSR count). The Labute approximate surface area is 344 Å². The molecule has 0 radical (unpaired) electrons. The number of hydrogen-bond acceptors (Lipinski definition) is 9. The quantitative estimate of drug-likeness (QED) is 0.238. The summed E-state index contributed by atoms with van der Waals surface area (Å²) in [6.07, 6.45) is 10.2. The summed E-state index contributed by atoms with van der Waals surface area (Å²) in [4.78, 5) is 72.0. The molecule has 0 aromatic heterocycles. The molecule has 5 aliphatic rings. The van der Waals surface area contributed by atoms with Gasteiger partial charge in [-0.05, 0) is 104 Å². The first-order chi connectivity index (χ1) is 28.4. The second-order valence-electron chi connectivity index (χ2n) is 16.7. The van der Waals surface area contributed by atoms with E-state index in [1.54, 1.807) is 4.90 Å². The molecule has 0 bridgehead atoms. The Kier molecular flexibility index (Phi) is 11.5. The standard InChI is InChI=1S/C44H52N6O8S/c1-28(51)45-33-19-21-36(22-20-33)59(56,57)48-42(54)44-24-32(44)15-5-3-2-4-6-18-37(46-43(55)58-35-16-7-8-17-35)41(53)50-27-34(23-38(50)40(52)47-44)49-25-30-13-9-11-29-12-10-14-31(26-49)39(29)30/h5,9-15,19-22,32,34-35,37-38H,2-4,6-8,16-18,23-27H2,1H3,(H,45,51)(H,46,55)(H,47,52)(H,48,54)/b15-5+/t32?,34-,37?,38?,44?/m1/s1. The average molecular weight is 825 g/mol. The Bertz CT molecular complexity index is 2230. The second-order valence-corrected chi connectivity index (χ2v) is 18.4. The smallest absolute Gasteiger partial charge is 0.408 e. The van der Waals surface area contributed by atoms with E-state index in [4.69, 9.17) is 4.74 Å². The molecule has 59 heavy (non-hydrogen) atoms. The molecule has 0 spiro atoms. The van der Waals surface area contributed by atoms with E-state index in [1.165, 1.54) is 36.6 Å². The molecule has 3 aliphatic heterocycles. The van der Waals surface area contributed by atoms with Crippen LogP contribution in [0.4, 0.5) is 10.5 Å². The fourth-order valence-electron chi connectivity index (χ4n) is 9.40. The van der Waals surface area contributed by atoms with Crippen molar-refractivity contribution in [2.24, 2.45) is 5.92 Å². The lowest BCUT2D eigenvalue weighted by atomic mass is 9.94. The Morgan fingerprint density at radius 2 is 1.58 bits per heavy atom. The molecule has 2 aliphatic carbocycles. The number of allylic oxidation sites excluding steroid dienone is 1. The zero-order valence-electron chi connectivity index (χ0n) is 33.3. The summed E-state index contributed by atoms with van der Waals surface area (Å²) in [5.74, 6) is -2.63. The first-order valence-corrected chi connectivity index (χ1v) is 22.3. The number of amides is 5. The number of benzene rings is 3. The molecule has 14 nitrogen and oxygen atoms in total. The largest absolute Gasteiger partial charge is 0.446 e. The monoisotopic (exact) mass is 824 g/mol. The van der Waals surface area contributed by atoms with Crippen molar-refractivity contribution < 1.29 is 37.1 Å². The summed E-state index contributed by atoms with van der Waals surface area (Å²) in [7, 11) is -4.38. The number of sulfonamides is 1. The van der Waals surface area contributed by atoms with Gasteiger partial charge in [0.05, 0.1) is 4.90 Å². The highest BCUT2D eigenvalue weighted by Gasteiger charge is 2.61. The Hall–Kier alpha value is -5.28. The maximum atomic E-state index is 14.8. The van der Waals surface area contributed by atoms with Crippen LogP contribution in [0.15, 0.2) is 77.7 Å². The van der Waals surface area contributed by atoms with E-state index in [-0.39, 0.29) is 48.2 Å². The van der Waals surface area contributed by atoms with E-state index in [9.17, 15) is 32.4 Å². The van der Waals surface area contributed by atoms with Crippen molar-refractivity contribution in [1.82, 2.24) is 25.2 Å². The molecule has 4 unspecified atom stereocenters. The zero-order chi connectivity index (χ0) is 41.3. The van der Waals surface area contributed by atoms with Gasteiger partial charge >= 0.3 is 6.09 Å². The fraction of sp³-hybridized carbons (Fsp3) is 0.477. The van der Waals surface area contributed by atoms with Gasteiger partial charge in [-0.2, -0.15) is 0 Å². The lowest BCUT2D eigenvalue weighted by Crippen LogP contribution is -2.58. The Balaban J connectivity index is 1.07. The minimum absolute atomic E-state index is 0.173. The van der Waals surface area contributed by atoms with Crippen LogP contribution in [-0.2, 0) is 47.0 Å². The molecule has 312 valence electrons. The highest BCUT2D eigenvalue weighted by atomic mass is 32.2. The van der Waals surface area contributed by atoms with Gasteiger partial charge in [-0.25, -0.2) is 17.9 Å². The Morgan fingerprint density at radius 1 is 0.881 bits per heavy atom. The molecule has 3 aromatic carbocycles. The maximum absolute atomic E-state index is 14.8. The van der Waals surface area contributed by atoms with E-state index in [0.717, 1.165) is 55.0 Å². The first kappa shape index (κ1) is 40.5. The SMILES string of the molecule is CC(=O)Nc1ccc(S(=O)(=O)NC(=O)C23CC2/C=C/CCCCCC(NC(=O)OC2CCCC2)C(=O)N2C[C@H](N4Cc5cccc6cccc(c56)C4)CC2C(=O)N3)cc1. The summed E-state index contributed by atoms with van der Waals surface area (Å²) < 4.78 is 35.0. The molecular weight excluding hydrogens is 773 g/mol. The van der Waals surface area contributed by atoms with Gasteiger partial charge in [0.2, 0.25) is 17.7 Å². The van der Waals surface area contributed by atoms with Crippen LogP contribution in [0, 0.1) is 5.92 Å². The number of carbonyl (C=O) groups is 5. The van der Waals surface area contributed by atoms with Gasteiger partial charge in [-0.1, -0.05) is 61.4 Å².